The molecule has 0 saturated carbocycles. The first-order valence-electron chi connectivity index (χ1n) is 10.2. The minimum Gasteiger partial charge on any atom is -0.489 e. The Morgan fingerprint density at radius 1 is 1.09 bits per heavy atom. The molecule has 1 heterocycles. The van der Waals surface area contributed by atoms with Crippen LogP contribution in [0, 0.1) is 25.2 Å². The summed E-state index contributed by atoms with van der Waals surface area (Å²) in [6, 6.07) is 22.3. The molecule has 0 spiro atoms. The van der Waals surface area contributed by atoms with Crippen LogP contribution in [-0.4, -0.2) is 15.9 Å². The molecule has 1 amide bonds. The largest absolute Gasteiger partial charge is 0.489 e. The van der Waals surface area contributed by atoms with E-state index in [1.807, 2.05) is 50.2 Å². The van der Waals surface area contributed by atoms with E-state index in [9.17, 15) is 10.1 Å². The number of imidazole rings is 1. The fraction of sp³-hybridized carbons (Fsp3) is 0.115. The van der Waals surface area contributed by atoms with Gasteiger partial charge in [-0.3, -0.25) is 4.79 Å². The highest BCUT2D eigenvalue weighted by Gasteiger charge is 2.11. The first-order chi connectivity index (χ1) is 15.5. The molecule has 0 atom stereocenters. The number of amides is 1. The van der Waals surface area contributed by atoms with E-state index in [4.69, 9.17) is 4.74 Å². The maximum atomic E-state index is 12.8. The summed E-state index contributed by atoms with van der Waals surface area (Å²) in [5, 5.41) is 12.2. The number of anilines is 1. The number of ether oxygens (including phenoxy) is 1. The van der Waals surface area contributed by atoms with Crippen molar-refractivity contribution in [1.82, 2.24) is 9.97 Å². The summed E-state index contributed by atoms with van der Waals surface area (Å²) < 4.78 is 5.78. The number of aryl methyl sites for hydroxylation is 2. The maximum Gasteiger partial charge on any atom is 0.255 e. The highest BCUT2D eigenvalue weighted by Crippen LogP contribution is 2.26. The van der Waals surface area contributed by atoms with Crippen LogP contribution in [-0.2, 0) is 6.61 Å². The Balaban J connectivity index is 1.44. The fourth-order valence-corrected chi connectivity index (χ4v) is 3.37. The van der Waals surface area contributed by atoms with E-state index < -0.39 is 0 Å². The molecule has 32 heavy (non-hydrogen) atoms. The van der Waals surface area contributed by atoms with Crippen molar-refractivity contribution < 1.29 is 9.53 Å². The number of hydrogen-bond donors (Lipinski definition) is 2. The molecule has 4 aromatic rings. The SMILES string of the molecule is Cc1ccc(-c2nc[nH]c2C)cc1NC(=O)c1ccc(OCc2ccccc2C#N)cc1. The second kappa shape index (κ2) is 9.19. The van der Waals surface area contributed by atoms with Gasteiger partial charge in [0.25, 0.3) is 5.91 Å². The minimum atomic E-state index is -0.203. The number of aromatic amines is 1. The number of hydrogen-bond acceptors (Lipinski definition) is 4. The van der Waals surface area contributed by atoms with E-state index in [-0.39, 0.29) is 12.5 Å². The number of nitrogens with one attached hydrogen (secondary N) is 2. The van der Waals surface area contributed by atoms with Crippen LogP contribution in [0.1, 0.15) is 32.7 Å². The lowest BCUT2D eigenvalue weighted by molar-refractivity contribution is 0.102. The van der Waals surface area contributed by atoms with Gasteiger partial charge in [0.1, 0.15) is 12.4 Å². The quantitative estimate of drug-likeness (QED) is 0.435. The molecule has 6 nitrogen and oxygen atoms in total. The standard InChI is InChI=1S/C26H22N4O2/c1-17-7-8-20(25-18(2)28-16-29-25)13-24(17)30-26(31)19-9-11-23(12-10-19)32-15-22-6-4-3-5-21(22)14-27/h3-13,16H,15H2,1-2H3,(H,28,29)(H,30,31). The minimum absolute atomic E-state index is 0.203. The van der Waals surface area contributed by atoms with Crippen molar-refractivity contribution in [3.8, 4) is 23.1 Å². The Bertz CT molecular complexity index is 1300. The third-order valence-corrected chi connectivity index (χ3v) is 5.24. The van der Waals surface area contributed by atoms with Gasteiger partial charge < -0.3 is 15.0 Å². The van der Waals surface area contributed by atoms with Crippen molar-refractivity contribution in [3.05, 3.63) is 101 Å². The molecule has 0 aliphatic carbocycles. The molecule has 3 aromatic carbocycles. The molecule has 0 bridgehead atoms. The van der Waals surface area contributed by atoms with Gasteiger partial charge in [0, 0.05) is 28.1 Å². The summed E-state index contributed by atoms with van der Waals surface area (Å²) in [6.45, 7) is 4.20. The monoisotopic (exact) mass is 422 g/mol. The lowest BCUT2D eigenvalue weighted by Crippen LogP contribution is -2.12. The van der Waals surface area contributed by atoms with Gasteiger partial charge in [0.2, 0.25) is 0 Å². The van der Waals surface area contributed by atoms with Gasteiger partial charge in [-0.05, 0) is 55.8 Å². The average Bonchev–Trinajstić information content (AvgIpc) is 3.25. The van der Waals surface area contributed by atoms with E-state index in [0.29, 0.717) is 16.9 Å². The summed E-state index contributed by atoms with van der Waals surface area (Å²) >= 11 is 0. The number of rotatable bonds is 6. The fourth-order valence-electron chi connectivity index (χ4n) is 3.37. The lowest BCUT2D eigenvalue weighted by atomic mass is 10.1. The van der Waals surface area contributed by atoms with Gasteiger partial charge in [-0.25, -0.2) is 4.98 Å². The number of nitrogens with zero attached hydrogens (tertiary/aromatic N) is 2. The molecule has 0 unspecified atom stereocenters. The van der Waals surface area contributed by atoms with Gasteiger partial charge in [-0.15, -0.1) is 0 Å². The van der Waals surface area contributed by atoms with Crippen LogP contribution in [0.5, 0.6) is 5.75 Å². The molecule has 1 aromatic heterocycles. The molecule has 6 heteroatoms. The van der Waals surface area contributed by atoms with E-state index in [1.54, 1.807) is 36.7 Å². The molecule has 0 aliphatic rings. The Morgan fingerprint density at radius 2 is 1.88 bits per heavy atom. The number of aromatic nitrogens is 2. The van der Waals surface area contributed by atoms with E-state index in [2.05, 4.69) is 21.4 Å². The third-order valence-electron chi connectivity index (χ3n) is 5.24. The molecule has 2 N–H and O–H groups in total. The highest BCUT2D eigenvalue weighted by atomic mass is 16.5. The third kappa shape index (κ3) is 4.52. The number of carbonyl (C=O) groups is 1. The summed E-state index contributed by atoms with van der Waals surface area (Å²) in [5.41, 5.74) is 6.40. The number of H-pyrrole nitrogens is 1. The summed E-state index contributed by atoms with van der Waals surface area (Å²) in [6.07, 6.45) is 1.66. The molecule has 0 aliphatic heterocycles. The number of carbonyl (C=O) groups excluding carboxylic acids is 1. The van der Waals surface area contributed by atoms with Crippen molar-refractivity contribution in [1.29, 1.82) is 5.26 Å². The van der Waals surface area contributed by atoms with Crippen LogP contribution in [0.2, 0.25) is 0 Å². The first kappa shape index (κ1) is 20.9. The van der Waals surface area contributed by atoms with Crippen molar-refractivity contribution in [2.75, 3.05) is 5.32 Å². The first-order valence-corrected chi connectivity index (χ1v) is 10.2. The van der Waals surface area contributed by atoms with Crippen LogP contribution in [0.25, 0.3) is 11.3 Å². The van der Waals surface area contributed by atoms with Gasteiger partial charge in [0.15, 0.2) is 0 Å². The van der Waals surface area contributed by atoms with E-state index in [1.165, 1.54) is 0 Å². The van der Waals surface area contributed by atoms with E-state index >= 15 is 0 Å². The van der Waals surface area contributed by atoms with Gasteiger partial charge in [-0.2, -0.15) is 5.26 Å². The van der Waals surface area contributed by atoms with Crippen molar-refractivity contribution in [2.24, 2.45) is 0 Å². The van der Waals surface area contributed by atoms with Gasteiger partial charge in [0.05, 0.1) is 23.7 Å². The zero-order chi connectivity index (χ0) is 22.5. The summed E-state index contributed by atoms with van der Waals surface area (Å²) in [4.78, 5) is 20.2. The van der Waals surface area contributed by atoms with Crippen LogP contribution >= 0.6 is 0 Å². The molecular weight excluding hydrogens is 400 g/mol. The molecular formula is C26H22N4O2. The Hall–Kier alpha value is -4.37. The summed E-state index contributed by atoms with van der Waals surface area (Å²) in [7, 11) is 0. The zero-order valence-electron chi connectivity index (χ0n) is 17.8. The Labute approximate surface area is 186 Å². The topological polar surface area (TPSA) is 90.8 Å². The second-order valence-corrected chi connectivity index (χ2v) is 7.44. The predicted molar refractivity (Wildman–Crippen MR) is 123 cm³/mol. The van der Waals surface area contributed by atoms with Crippen molar-refractivity contribution >= 4 is 11.6 Å². The van der Waals surface area contributed by atoms with Crippen LogP contribution in [0.3, 0.4) is 0 Å². The lowest BCUT2D eigenvalue weighted by Gasteiger charge is -2.11. The number of benzene rings is 3. The van der Waals surface area contributed by atoms with Crippen LogP contribution < -0.4 is 10.1 Å². The average molecular weight is 422 g/mol. The van der Waals surface area contributed by atoms with Gasteiger partial charge in [-0.1, -0.05) is 30.3 Å². The molecule has 0 fully saturated rings. The normalized spacial score (nSPS) is 10.4. The molecule has 158 valence electrons. The number of nitriles is 1. The molecule has 0 radical (unpaired) electrons. The maximum absolute atomic E-state index is 12.8. The Kier molecular flexibility index (Phi) is 6.00. The molecule has 0 saturated heterocycles. The summed E-state index contributed by atoms with van der Waals surface area (Å²) in [5.74, 6) is 0.423. The predicted octanol–water partition coefficient (Wildman–Crippen LogP) is 5.40. The van der Waals surface area contributed by atoms with Crippen molar-refractivity contribution in [2.45, 2.75) is 20.5 Å². The van der Waals surface area contributed by atoms with Gasteiger partial charge >= 0.3 is 0 Å². The van der Waals surface area contributed by atoms with Crippen LogP contribution in [0.15, 0.2) is 73.1 Å². The van der Waals surface area contributed by atoms with Crippen molar-refractivity contribution in [3.63, 3.8) is 0 Å². The Morgan fingerprint density at radius 3 is 2.59 bits per heavy atom. The second-order valence-electron chi connectivity index (χ2n) is 7.44. The highest BCUT2D eigenvalue weighted by molar-refractivity contribution is 6.05. The molecule has 4 rings (SSSR count). The van der Waals surface area contributed by atoms with Crippen LogP contribution in [0.4, 0.5) is 5.69 Å². The smallest absolute Gasteiger partial charge is 0.255 e. The zero-order valence-corrected chi connectivity index (χ0v) is 17.8. The van der Waals surface area contributed by atoms with E-state index in [0.717, 1.165) is 33.8 Å².